The lowest BCUT2D eigenvalue weighted by Gasteiger charge is -2.41. The predicted octanol–water partition coefficient (Wildman–Crippen LogP) is 5.90. The van der Waals surface area contributed by atoms with E-state index in [0.29, 0.717) is 5.92 Å². The Labute approximate surface area is 172 Å². The molecule has 0 aromatic heterocycles. The van der Waals surface area contributed by atoms with E-state index >= 15 is 0 Å². The molecule has 2 atom stereocenters. The first-order chi connectivity index (χ1) is 13.7. The molecule has 28 heavy (non-hydrogen) atoms. The molecule has 3 nitrogen and oxygen atoms in total. The second-order valence-corrected chi connectivity index (χ2v) is 9.08. The highest BCUT2D eigenvalue weighted by molar-refractivity contribution is 5.31. The molecular formula is C25H41NO2. The summed E-state index contributed by atoms with van der Waals surface area (Å²) in [4.78, 5) is 2.62. The van der Waals surface area contributed by atoms with Crippen LogP contribution in [0.15, 0.2) is 24.3 Å². The molecule has 1 aromatic rings. The van der Waals surface area contributed by atoms with E-state index < -0.39 is 5.60 Å². The number of likely N-dealkylation sites (tertiary alicyclic amines) is 1. The molecule has 2 unspecified atom stereocenters. The predicted molar refractivity (Wildman–Crippen MR) is 117 cm³/mol. The lowest BCUT2D eigenvalue weighted by atomic mass is 9.74. The molecule has 1 heterocycles. The van der Waals surface area contributed by atoms with Gasteiger partial charge in [-0.2, -0.15) is 0 Å². The summed E-state index contributed by atoms with van der Waals surface area (Å²) >= 11 is 0. The summed E-state index contributed by atoms with van der Waals surface area (Å²) in [6, 6.07) is 8.24. The van der Waals surface area contributed by atoms with Crippen LogP contribution < -0.4 is 4.74 Å². The Morgan fingerprint density at radius 2 is 1.43 bits per heavy atom. The van der Waals surface area contributed by atoms with Crippen LogP contribution in [0.4, 0.5) is 0 Å². The zero-order valence-corrected chi connectivity index (χ0v) is 18.0. The third kappa shape index (κ3) is 5.97. The first-order valence-electron chi connectivity index (χ1n) is 11.8. The molecule has 1 saturated heterocycles. The average Bonchev–Trinajstić information content (AvgIpc) is 2.74. The van der Waals surface area contributed by atoms with Crippen molar-refractivity contribution in [3.63, 3.8) is 0 Å². The van der Waals surface area contributed by atoms with E-state index in [-0.39, 0.29) is 0 Å². The minimum Gasteiger partial charge on any atom is -0.497 e. The molecule has 3 heteroatoms. The highest BCUT2D eigenvalue weighted by Crippen LogP contribution is 2.40. The topological polar surface area (TPSA) is 32.7 Å². The third-order valence-electron chi connectivity index (χ3n) is 7.05. The van der Waals surface area contributed by atoms with Crippen molar-refractivity contribution in [3.05, 3.63) is 29.8 Å². The van der Waals surface area contributed by atoms with E-state index in [2.05, 4.69) is 17.0 Å². The Bertz CT molecular complexity index is 552. The number of hydrogen-bond acceptors (Lipinski definition) is 3. The Morgan fingerprint density at radius 3 is 2.07 bits per heavy atom. The number of rotatable bonds is 4. The number of nitrogens with zero attached hydrogens (tertiary/aromatic N) is 1. The number of hydrogen-bond donors (Lipinski definition) is 1. The Hall–Kier alpha value is -1.06. The van der Waals surface area contributed by atoms with Crippen molar-refractivity contribution in [2.45, 2.75) is 89.1 Å². The van der Waals surface area contributed by atoms with Crippen LogP contribution in [0.5, 0.6) is 5.75 Å². The maximum atomic E-state index is 12.1. The molecule has 0 bridgehead atoms. The van der Waals surface area contributed by atoms with Gasteiger partial charge >= 0.3 is 0 Å². The van der Waals surface area contributed by atoms with Crippen molar-refractivity contribution >= 4 is 0 Å². The fraction of sp³-hybridized carbons (Fsp3) is 0.760. The summed E-state index contributed by atoms with van der Waals surface area (Å²) in [5.74, 6) is 1.19. The summed E-state index contributed by atoms with van der Waals surface area (Å²) < 4.78 is 5.36. The highest BCUT2D eigenvalue weighted by atomic mass is 16.5. The zero-order chi connectivity index (χ0) is 19.7. The summed E-state index contributed by atoms with van der Waals surface area (Å²) in [6.45, 7) is 3.45. The minimum absolute atomic E-state index is 0.318. The second-order valence-electron chi connectivity index (χ2n) is 9.08. The monoisotopic (exact) mass is 387 g/mol. The van der Waals surface area contributed by atoms with Gasteiger partial charge in [0.1, 0.15) is 5.75 Å². The van der Waals surface area contributed by atoms with E-state index in [1.54, 1.807) is 7.11 Å². The van der Waals surface area contributed by atoms with Crippen molar-refractivity contribution < 1.29 is 9.84 Å². The first-order valence-corrected chi connectivity index (χ1v) is 11.8. The van der Waals surface area contributed by atoms with Gasteiger partial charge in [-0.3, -0.25) is 0 Å². The Kier molecular flexibility index (Phi) is 8.66. The van der Waals surface area contributed by atoms with Gasteiger partial charge in [-0.15, -0.1) is 0 Å². The summed E-state index contributed by atoms with van der Waals surface area (Å²) in [5.41, 5.74) is 0.371. The van der Waals surface area contributed by atoms with Gasteiger partial charge in [0.25, 0.3) is 0 Å². The van der Waals surface area contributed by atoms with Crippen molar-refractivity contribution in [2.24, 2.45) is 5.92 Å². The van der Waals surface area contributed by atoms with Crippen LogP contribution in [0, 0.1) is 5.92 Å². The van der Waals surface area contributed by atoms with E-state index in [0.717, 1.165) is 37.1 Å². The van der Waals surface area contributed by atoms with Crippen LogP contribution in [-0.2, 0) is 5.60 Å². The molecule has 3 rings (SSSR count). The Morgan fingerprint density at radius 1 is 0.857 bits per heavy atom. The van der Waals surface area contributed by atoms with Gasteiger partial charge < -0.3 is 14.7 Å². The number of benzene rings is 1. The minimum atomic E-state index is -0.719. The number of aliphatic hydroxyl groups is 1. The molecule has 1 saturated carbocycles. The van der Waals surface area contributed by atoms with Crippen LogP contribution in [0.3, 0.4) is 0 Å². The van der Waals surface area contributed by atoms with Crippen LogP contribution in [-0.4, -0.2) is 36.8 Å². The third-order valence-corrected chi connectivity index (χ3v) is 7.05. The van der Waals surface area contributed by atoms with Crippen LogP contribution in [0.1, 0.15) is 89.0 Å². The van der Waals surface area contributed by atoms with Crippen LogP contribution >= 0.6 is 0 Å². The van der Waals surface area contributed by atoms with Gasteiger partial charge in [-0.05, 0) is 56.5 Å². The lowest BCUT2D eigenvalue weighted by Crippen LogP contribution is -2.44. The highest BCUT2D eigenvalue weighted by Gasteiger charge is 2.38. The van der Waals surface area contributed by atoms with Gasteiger partial charge in [0.15, 0.2) is 0 Å². The zero-order valence-electron chi connectivity index (χ0n) is 18.0. The van der Waals surface area contributed by atoms with Crippen LogP contribution in [0.2, 0.25) is 0 Å². The summed E-state index contributed by atoms with van der Waals surface area (Å²) in [7, 11) is 1.71. The van der Waals surface area contributed by atoms with Gasteiger partial charge in [-0.25, -0.2) is 0 Å². The molecule has 1 aromatic carbocycles. The molecule has 2 aliphatic rings. The van der Waals surface area contributed by atoms with Gasteiger partial charge in [0.05, 0.1) is 12.7 Å². The normalized spacial score (nSPS) is 28.9. The molecule has 0 spiro atoms. The first kappa shape index (κ1) is 21.6. The second kappa shape index (κ2) is 11.2. The summed E-state index contributed by atoms with van der Waals surface area (Å²) in [5, 5.41) is 12.1. The molecule has 0 amide bonds. The van der Waals surface area contributed by atoms with Crippen LogP contribution in [0.25, 0.3) is 0 Å². The number of ether oxygens (including phenoxy) is 1. The molecule has 0 radical (unpaired) electrons. The fourth-order valence-electron chi connectivity index (χ4n) is 5.24. The molecule has 1 aliphatic carbocycles. The quantitative estimate of drug-likeness (QED) is 0.698. The van der Waals surface area contributed by atoms with Gasteiger partial charge in [0.2, 0.25) is 0 Å². The number of methoxy groups -OCH3 is 1. The molecule has 158 valence electrons. The molecule has 1 aliphatic heterocycles. The van der Waals surface area contributed by atoms with Crippen molar-refractivity contribution in [2.75, 3.05) is 26.7 Å². The smallest absolute Gasteiger partial charge is 0.118 e. The fourth-order valence-corrected chi connectivity index (χ4v) is 5.24. The summed E-state index contributed by atoms with van der Waals surface area (Å²) in [6.07, 6.45) is 16.4. The largest absolute Gasteiger partial charge is 0.497 e. The SMILES string of the molecule is COc1ccc(C2(O)CCCCCCCCCCC2CN2CCCCC2)cc1. The van der Waals surface area contributed by atoms with Gasteiger partial charge in [0, 0.05) is 12.5 Å². The van der Waals surface area contributed by atoms with Crippen molar-refractivity contribution in [3.8, 4) is 5.75 Å². The Balaban J connectivity index is 1.82. The van der Waals surface area contributed by atoms with E-state index in [4.69, 9.17) is 4.74 Å². The maximum absolute atomic E-state index is 12.1. The average molecular weight is 388 g/mol. The van der Waals surface area contributed by atoms with E-state index in [1.165, 1.54) is 77.3 Å². The lowest BCUT2D eigenvalue weighted by molar-refractivity contribution is -0.0524. The molecule has 1 N–H and O–H groups in total. The van der Waals surface area contributed by atoms with E-state index in [1.807, 2.05) is 12.1 Å². The van der Waals surface area contributed by atoms with Crippen molar-refractivity contribution in [1.29, 1.82) is 0 Å². The molecular weight excluding hydrogens is 346 g/mol. The molecule has 2 fully saturated rings. The standard InChI is InChI=1S/C25H41NO2/c1-28-24-16-14-22(15-17-24)25(27)18-10-7-5-3-2-4-6-9-13-23(25)21-26-19-11-8-12-20-26/h14-17,23,27H,2-13,18-21H2,1H3. The van der Waals surface area contributed by atoms with Crippen molar-refractivity contribution in [1.82, 2.24) is 4.90 Å². The maximum Gasteiger partial charge on any atom is 0.118 e. The number of piperidine rings is 1. The van der Waals surface area contributed by atoms with Gasteiger partial charge in [-0.1, -0.05) is 69.9 Å². The van der Waals surface area contributed by atoms with E-state index in [9.17, 15) is 5.11 Å².